The molecular weight excluding hydrogens is 246 g/mol. The van der Waals surface area contributed by atoms with Gasteiger partial charge in [0.05, 0.1) is 6.10 Å². The maximum Gasteiger partial charge on any atom is 0.326 e. The average Bonchev–Trinajstić information content (AvgIpc) is 2.75. The lowest BCUT2D eigenvalue weighted by Gasteiger charge is -2.09. The number of nitrogens with zero attached hydrogens (tertiary/aromatic N) is 3. The number of urea groups is 1. The van der Waals surface area contributed by atoms with Gasteiger partial charge < -0.3 is 10.4 Å². The minimum Gasteiger partial charge on any atom is -0.389 e. The number of carbonyl (C=O) groups excluding carboxylic acids is 1. The molecule has 1 aromatic heterocycles. The second-order valence-corrected chi connectivity index (χ2v) is 4.09. The second kappa shape index (κ2) is 5.49. The van der Waals surface area contributed by atoms with Crippen LogP contribution in [0.5, 0.6) is 0 Å². The highest BCUT2D eigenvalue weighted by Crippen LogP contribution is 2.17. The minimum atomic E-state index is -0.580. The summed E-state index contributed by atoms with van der Waals surface area (Å²) in [5.74, 6) is 0.351. The van der Waals surface area contributed by atoms with Crippen LogP contribution in [0.25, 0.3) is 0 Å². The van der Waals surface area contributed by atoms with Gasteiger partial charge in [-0.15, -0.1) is 0 Å². The van der Waals surface area contributed by atoms with E-state index in [9.17, 15) is 9.90 Å². The van der Waals surface area contributed by atoms with E-state index in [1.807, 2.05) is 0 Å². The Morgan fingerprint density at radius 3 is 2.84 bits per heavy atom. The van der Waals surface area contributed by atoms with Gasteiger partial charge in [-0.2, -0.15) is 10.1 Å². The highest BCUT2D eigenvalue weighted by molar-refractivity contribution is 5.98. The smallest absolute Gasteiger partial charge is 0.326 e. The molecule has 3 N–H and O–H groups in total. The predicted molar refractivity (Wildman–Crippen MR) is 70.7 cm³/mol. The molecule has 2 aromatic rings. The topological polar surface area (TPSA) is 92.1 Å². The van der Waals surface area contributed by atoms with Crippen molar-refractivity contribution in [2.24, 2.45) is 7.05 Å². The summed E-state index contributed by atoms with van der Waals surface area (Å²) in [4.78, 5) is 15.6. The molecule has 100 valence electrons. The molecule has 1 unspecified atom stereocenters. The van der Waals surface area contributed by atoms with E-state index in [2.05, 4.69) is 20.7 Å². The molecule has 1 atom stereocenters. The molecule has 0 saturated heterocycles. The van der Waals surface area contributed by atoms with Crippen molar-refractivity contribution in [3.05, 3.63) is 36.2 Å². The van der Waals surface area contributed by atoms with Crippen LogP contribution in [-0.2, 0) is 7.05 Å². The Labute approximate surface area is 110 Å². The minimum absolute atomic E-state index is 0.351. The third kappa shape index (κ3) is 3.29. The summed E-state index contributed by atoms with van der Waals surface area (Å²) in [6, 6.07) is 6.58. The molecule has 0 aliphatic heterocycles. The van der Waals surface area contributed by atoms with Gasteiger partial charge >= 0.3 is 6.03 Å². The number of nitrogens with one attached hydrogen (secondary N) is 2. The Kier molecular flexibility index (Phi) is 3.76. The predicted octanol–water partition coefficient (Wildman–Crippen LogP) is 1.51. The number of carbonyl (C=O) groups is 1. The van der Waals surface area contributed by atoms with Gasteiger partial charge in [-0.05, 0) is 24.6 Å². The van der Waals surface area contributed by atoms with Crippen molar-refractivity contribution in [2.75, 3.05) is 10.6 Å². The number of aryl methyl sites for hydroxylation is 1. The van der Waals surface area contributed by atoms with Crippen LogP contribution >= 0.6 is 0 Å². The van der Waals surface area contributed by atoms with Crippen molar-refractivity contribution in [1.29, 1.82) is 0 Å². The lowest BCUT2D eigenvalue weighted by Crippen LogP contribution is -2.21. The van der Waals surface area contributed by atoms with Crippen LogP contribution < -0.4 is 10.6 Å². The number of anilines is 2. The van der Waals surface area contributed by atoms with Crippen LogP contribution in [0.4, 0.5) is 16.4 Å². The van der Waals surface area contributed by atoms with Crippen LogP contribution in [-0.4, -0.2) is 25.9 Å². The maximum absolute atomic E-state index is 11.7. The summed E-state index contributed by atoms with van der Waals surface area (Å²) in [5.41, 5.74) is 1.33. The summed E-state index contributed by atoms with van der Waals surface area (Å²) in [7, 11) is 1.68. The Bertz CT molecular complexity index is 579. The maximum atomic E-state index is 11.7. The summed E-state index contributed by atoms with van der Waals surface area (Å²) >= 11 is 0. The van der Waals surface area contributed by atoms with E-state index in [1.165, 1.54) is 11.0 Å². The molecule has 2 rings (SSSR count). The van der Waals surface area contributed by atoms with Crippen LogP contribution in [0, 0.1) is 0 Å². The molecule has 2 amide bonds. The van der Waals surface area contributed by atoms with Gasteiger partial charge in [0.2, 0.25) is 5.95 Å². The van der Waals surface area contributed by atoms with E-state index in [1.54, 1.807) is 38.2 Å². The van der Waals surface area contributed by atoms with Crippen LogP contribution in [0.3, 0.4) is 0 Å². The van der Waals surface area contributed by atoms with Crippen molar-refractivity contribution in [1.82, 2.24) is 14.8 Å². The first-order chi connectivity index (χ1) is 9.06. The van der Waals surface area contributed by atoms with Crippen molar-refractivity contribution >= 4 is 17.7 Å². The molecular formula is C12H15N5O2. The molecule has 0 fully saturated rings. The molecule has 0 aliphatic carbocycles. The van der Waals surface area contributed by atoms with Gasteiger partial charge in [-0.25, -0.2) is 9.48 Å². The van der Waals surface area contributed by atoms with Gasteiger partial charge in [0.15, 0.2) is 0 Å². The fourth-order valence-corrected chi connectivity index (χ4v) is 1.55. The van der Waals surface area contributed by atoms with Crippen LogP contribution in [0.2, 0.25) is 0 Å². The van der Waals surface area contributed by atoms with Crippen molar-refractivity contribution < 1.29 is 9.90 Å². The molecule has 0 bridgehead atoms. The fourth-order valence-electron chi connectivity index (χ4n) is 1.55. The number of hydrogen-bond acceptors (Lipinski definition) is 4. The number of amides is 2. The number of benzene rings is 1. The van der Waals surface area contributed by atoms with E-state index in [0.29, 0.717) is 11.6 Å². The number of aliphatic hydroxyl groups excluding tert-OH is 1. The van der Waals surface area contributed by atoms with Crippen molar-refractivity contribution in [2.45, 2.75) is 13.0 Å². The summed E-state index contributed by atoms with van der Waals surface area (Å²) in [5, 5.41) is 18.5. The zero-order valence-electron chi connectivity index (χ0n) is 10.7. The van der Waals surface area contributed by atoms with E-state index in [-0.39, 0.29) is 0 Å². The lowest BCUT2D eigenvalue weighted by molar-refractivity contribution is 0.199. The Hall–Kier alpha value is -2.41. The van der Waals surface area contributed by atoms with E-state index >= 15 is 0 Å². The number of aromatic nitrogens is 3. The first-order valence-corrected chi connectivity index (χ1v) is 5.76. The zero-order chi connectivity index (χ0) is 13.8. The van der Waals surface area contributed by atoms with Gasteiger partial charge in [-0.1, -0.05) is 12.1 Å². The molecule has 1 heterocycles. The summed E-state index contributed by atoms with van der Waals surface area (Å²) in [6.07, 6.45) is 0.771. The molecule has 0 spiro atoms. The molecule has 1 aromatic carbocycles. The highest BCUT2D eigenvalue weighted by Gasteiger charge is 2.07. The summed E-state index contributed by atoms with van der Waals surface area (Å²) in [6.45, 7) is 1.67. The standard InChI is InChI=1S/C12H15N5O2/c1-8(18)9-4-3-5-10(6-9)15-12(19)16-11-13-7-14-17(11)2/h3-8,18H,1-2H3,(H2,13,14,15,16,19). The normalized spacial score (nSPS) is 11.9. The SMILES string of the molecule is CC(O)c1cccc(NC(=O)Nc2ncnn2C)c1. The van der Waals surface area contributed by atoms with Crippen LogP contribution in [0.15, 0.2) is 30.6 Å². The van der Waals surface area contributed by atoms with Gasteiger partial charge in [0.25, 0.3) is 0 Å². The monoisotopic (exact) mass is 261 g/mol. The van der Waals surface area contributed by atoms with Gasteiger partial charge in [-0.3, -0.25) is 5.32 Å². The first-order valence-electron chi connectivity index (χ1n) is 5.76. The van der Waals surface area contributed by atoms with Crippen molar-refractivity contribution in [3.8, 4) is 0 Å². The molecule has 7 heteroatoms. The summed E-state index contributed by atoms with van der Waals surface area (Å²) < 4.78 is 1.45. The quantitative estimate of drug-likeness (QED) is 0.781. The molecule has 0 aliphatic rings. The van der Waals surface area contributed by atoms with E-state index in [4.69, 9.17) is 0 Å². The number of hydrogen-bond donors (Lipinski definition) is 3. The van der Waals surface area contributed by atoms with E-state index < -0.39 is 12.1 Å². The fraction of sp³-hybridized carbons (Fsp3) is 0.250. The van der Waals surface area contributed by atoms with Gasteiger partial charge in [0, 0.05) is 12.7 Å². The average molecular weight is 261 g/mol. The highest BCUT2D eigenvalue weighted by atomic mass is 16.3. The largest absolute Gasteiger partial charge is 0.389 e. The number of rotatable bonds is 3. The Morgan fingerprint density at radius 2 is 2.21 bits per heavy atom. The first kappa shape index (κ1) is 13.0. The second-order valence-electron chi connectivity index (χ2n) is 4.09. The number of aliphatic hydroxyl groups is 1. The van der Waals surface area contributed by atoms with Crippen LogP contribution in [0.1, 0.15) is 18.6 Å². The molecule has 0 radical (unpaired) electrons. The Morgan fingerprint density at radius 1 is 1.42 bits per heavy atom. The third-order valence-corrected chi connectivity index (χ3v) is 2.56. The van der Waals surface area contributed by atoms with Crippen molar-refractivity contribution in [3.63, 3.8) is 0 Å². The molecule has 7 nitrogen and oxygen atoms in total. The van der Waals surface area contributed by atoms with E-state index in [0.717, 1.165) is 5.56 Å². The Balaban J connectivity index is 2.03. The lowest BCUT2D eigenvalue weighted by atomic mass is 10.1. The zero-order valence-corrected chi connectivity index (χ0v) is 10.7. The third-order valence-electron chi connectivity index (χ3n) is 2.56. The van der Waals surface area contributed by atoms with Gasteiger partial charge in [0.1, 0.15) is 6.33 Å². The molecule has 19 heavy (non-hydrogen) atoms. The molecule has 0 saturated carbocycles.